The molecule has 0 atom stereocenters. The summed E-state index contributed by atoms with van der Waals surface area (Å²) in [6, 6.07) is 13.6. The SMILES string of the molecule is CCCOc1ccc2ccccc2c1CNC1CCCCC1. The second kappa shape index (κ2) is 7.64. The van der Waals surface area contributed by atoms with Gasteiger partial charge in [0.05, 0.1) is 6.61 Å². The van der Waals surface area contributed by atoms with Crippen molar-refractivity contribution in [3.05, 3.63) is 42.0 Å². The van der Waals surface area contributed by atoms with Crippen LogP contribution in [0.3, 0.4) is 0 Å². The van der Waals surface area contributed by atoms with Gasteiger partial charge in [0.2, 0.25) is 0 Å². The zero-order chi connectivity index (χ0) is 15.2. The number of benzene rings is 2. The van der Waals surface area contributed by atoms with E-state index in [1.54, 1.807) is 0 Å². The van der Waals surface area contributed by atoms with Crippen LogP contribution in [0.2, 0.25) is 0 Å². The van der Waals surface area contributed by atoms with Crippen LogP contribution in [0.25, 0.3) is 10.8 Å². The Bertz CT molecular complexity index is 602. The fourth-order valence-electron chi connectivity index (χ4n) is 3.40. The van der Waals surface area contributed by atoms with Crippen LogP contribution in [0.1, 0.15) is 51.0 Å². The van der Waals surface area contributed by atoms with Crippen molar-refractivity contribution in [3.63, 3.8) is 0 Å². The van der Waals surface area contributed by atoms with Gasteiger partial charge in [-0.3, -0.25) is 0 Å². The highest BCUT2D eigenvalue weighted by molar-refractivity contribution is 5.87. The summed E-state index contributed by atoms with van der Waals surface area (Å²) in [5.41, 5.74) is 1.32. The Morgan fingerprint density at radius 3 is 2.68 bits per heavy atom. The first-order chi connectivity index (χ1) is 10.9. The van der Waals surface area contributed by atoms with E-state index in [1.807, 2.05) is 0 Å². The zero-order valence-corrected chi connectivity index (χ0v) is 13.6. The van der Waals surface area contributed by atoms with Gasteiger partial charge < -0.3 is 10.1 Å². The fraction of sp³-hybridized carbons (Fsp3) is 0.500. The van der Waals surface area contributed by atoms with Crippen LogP contribution < -0.4 is 10.1 Å². The maximum atomic E-state index is 5.99. The van der Waals surface area contributed by atoms with Crippen LogP contribution in [0.5, 0.6) is 5.75 Å². The first-order valence-corrected chi connectivity index (χ1v) is 8.75. The number of fused-ring (bicyclic) bond motifs is 1. The molecule has 0 amide bonds. The van der Waals surface area contributed by atoms with Crippen molar-refractivity contribution >= 4 is 10.8 Å². The van der Waals surface area contributed by atoms with Crippen molar-refractivity contribution < 1.29 is 4.74 Å². The van der Waals surface area contributed by atoms with E-state index in [-0.39, 0.29) is 0 Å². The molecule has 0 saturated heterocycles. The van der Waals surface area contributed by atoms with E-state index in [0.717, 1.165) is 25.3 Å². The van der Waals surface area contributed by atoms with Crippen LogP contribution in [0.4, 0.5) is 0 Å². The molecule has 1 fully saturated rings. The second-order valence-electron chi connectivity index (χ2n) is 6.33. The predicted octanol–water partition coefficient (Wildman–Crippen LogP) is 5.05. The molecule has 1 saturated carbocycles. The van der Waals surface area contributed by atoms with Crippen LogP contribution in [-0.2, 0) is 6.54 Å². The van der Waals surface area contributed by atoms with Crippen LogP contribution in [0, 0.1) is 0 Å². The van der Waals surface area contributed by atoms with E-state index >= 15 is 0 Å². The quantitative estimate of drug-likeness (QED) is 0.805. The molecule has 1 aliphatic carbocycles. The lowest BCUT2D eigenvalue weighted by molar-refractivity contribution is 0.311. The molecule has 3 rings (SSSR count). The van der Waals surface area contributed by atoms with Crippen molar-refractivity contribution in [2.45, 2.75) is 58.0 Å². The highest BCUT2D eigenvalue weighted by Crippen LogP contribution is 2.29. The summed E-state index contributed by atoms with van der Waals surface area (Å²) in [6.45, 7) is 3.85. The molecule has 0 aromatic heterocycles. The van der Waals surface area contributed by atoms with E-state index in [0.29, 0.717) is 6.04 Å². The molecule has 2 heteroatoms. The summed E-state index contributed by atoms with van der Waals surface area (Å²) < 4.78 is 5.99. The number of rotatable bonds is 6. The molecule has 22 heavy (non-hydrogen) atoms. The molecule has 2 aromatic carbocycles. The van der Waals surface area contributed by atoms with Gasteiger partial charge in [-0.1, -0.05) is 56.5 Å². The maximum Gasteiger partial charge on any atom is 0.124 e. The first kappa shape index (κ1) is 15.4. The summed E-state index contributed by atoms with van der Waals surface area (Å²) in [5, 5.41) is 6.38. The minimum absolute atomic E-state index is 0.673. The van der Waals surface area contributed by atoms with E-state index < -0.39 is 0 Å². The Hall–Kier alpha value is -1.54. The molecule has 2 aromatic rings. The number of hydrogen-bond acceptors (Lipinski definition) is 2. The lowest BCUT2D eigenvalue weighted by Gasteiger charge is -2.24. The predicted molar refractivity (Wildman–Crippen MR) is 93.4 cm³/mol. The molecule has 118 valence electrons. The Labute approximate surface area is 133 Å². The van der Waals surface area contributed by atoms with Crippen molar-refractivity contribution in [2.75, 3.05) is 6.61 Å². The average molecular weight is 297 g/mol. The van der Waals surface area contributed by atoms with E-state index in [1.165, 1.54) is 48.4 Å². The molecule has 1 N–H and O–H groups in total. The number of nitrogens with one attached hydrogen (secondary N) is 1. The van der Waals surface area contributed by atoms with Gasteiger partial charge in [-0.05, 0) is 36.1 Å². The summed E-state index contributed by atoms with van der Waals surface area (Å²) in [7, 11) is 0. The molecule has 0 radical (unpaired) electrons. The molecule has 0 heterocycles. The Morgan fingerprint density at radius 1 is 1.05 bits per heavy atom. The minimum Gasteiger partial charge on any atom is -0.493 e. The lowest BCUT2D eigenvalue weighted by atomic mass is 9.95. The monoisotopic (exact) mass is 297 g/mol. The smallest absolute Gasteiger partial charge is 0.124 e. The van der Waals surface area contributed by atoms with Gasteiger partial charge in [0.25, 0.3) is 0 Å². The third-order valence-corrected chi connectivity index (χ3v) is 4.63. The highest BCUT2D eigenvalue weighted by atomic mass is 16.5. The molecular weight excluding hydrogens is 270 g/mol. The Kier molecular flexibility index (Phi) is 5.33. The molecule has 2 nitrogen and oxygen atoms in total. The number of hydrogen-bond donors (Lipinski definition) is 1. The minimum atomic E-state index is 0.673. The van der Waals surface area contributed by atoms with Crippen LogP contribution in [-0.4, -0.2) is 12.6 Å². The van der Waals surface area contributed by atoms with Crippen LogP contribution in [0.15, 0.2) is 36.4 Å². The molecule has 1 aliphatic rings. The van der Waals surface area contributed by atoms with Gasteiger partial charge in [0.15, 0.2) is 0 Å². The zero-order valence-electron chi connectivity index (χ0n) is 13.6. The maximum absolute atomic E-state index is 5.99. The lowest BCUT2D eigenvalue weighted by Crippen LogP contribution is -2.30. The third kappa shape index (κ3) is 3.61. The average Bonchev–Trinajstić information content (AvgIpc) is 2.59. The van der Waals surface area contributed by atoms with Crippen molar-refractivity contribution in [2.24, 2.45) is 0 Å². The molecule has 0 bridgehead atoms. The van der Waals surface area contributed by atoms with Crippen molar-refractivity contribution in [3.8, 4) is 5.75 Å². The Morgan fingerprint density at radius 2 is 1.86 bits per heavy atom. The van der Waals surface area contributed by atoms with Gasteiger partial charge in [-0.25, -0.2) is 0 Å². The van der Waals surface area contributed by atoms with Gasteiger partial charge >= 0.3 is 0 Å². The first-order valence-electron chi connectivity index (χ1n) is 8.75. The topological polar surface area (TPSA) is 21.3 Å². The van der Waals surface area contributed by atoms with Crippen molar-refractivity contribution in [1.29, 1.82) is 0 Å². The normalized spacial score (nSPS) is 16.0. The highest BCUT2D eigenvalue weighted by Gasteiger charge is 2.15. The van der Waals surface area contributed by atoms with Gasteiger partial charge in [0, 0.05) is 18.2 Å². The molecule has 0 unspecified atom stereocenters. The van der Waals surface area contributed by atoms with E-state index in [9.17, 15) is 0 Å². The summed E-state index contributed by atoms with van der Waals surface area (Å²) in [5.74, 6) is 1.05. The van der Waals surface area contributed by atoms with E-state index in [4.69, 9.17) is 4.74 Å². The Balaban J connectivity index is 1.82. The van der Waals surface area contributed by atoms with Gasteiger partial charge in [-0.15, -0.1) is 0 Å². The summed E-state index contributed by atoms with van der Waals surface area (Å²) in [6.07, 6.45) is 7.81. The summed E-state index contributed by atoms with van der Waals surface area (Å²) >= 11 is 0. The largest absolute Gasteiger partial charge is 0.493 e. The van der Waals surface area contributed by atoms with E-state index in [2.05, 4.69) is 48.6 Å². The number of ether oxygens (including phenoxy) is 1. The second-order valence-corrected chi connectivity index (χ2v) is 6.33. The standard InChI is InChI=1S/C20H27NO/c1-2-14-22-20-13-12-16-8-6-7-11-18(16)19(20)15-21-17-9-4-3-5-10-17/h6-8,11-13,17,21H,2-5,9-10,14-15H2,1H3. The molecule has 0 aliphatic heterocycles. The summed E-state index contributed by atoms with van der Waals surface area (Å²) in [4.78, 5) is 0. The molecule has 0 spiro atoms. The van der Waals surface area contributed by atoms with Crippen LogP contribution >= 0.6 is 0 Å². The van der Waals surface area contributed by atoms with Gasteiger partial charge in [0.1, 0.15) is 5.75 Å². The fourth-order valence-corrected chi connectivity index (χ4v) is 3.40. The van der Waals surface area contributed by atoms with Gasteiger partial charge in [-0.2, -0.15) is 0 Å². The van der Waals surface area contributed by atoms with Crippen molar-refractivity contribution in [1.82, 2.24) is 5.32 Å². The molecular formula is C20H27NO. The third-order valence-electron chi connectivity index (χ3n) is 4.63.